The van der Waals surface area contributed by atoms with Gasteiger partial charge in [-0.3, -0.25) is 9.82 Å². The van der Waals surface area contributed by atoms with Crippen LogP contribution in [-0.2, 0) is 15.4 Å². The van der Waals surface area contributed by atoms with Crippen LogP contribution in [0, 0.1) is 6.92 Å². The van der Waals surface area contributed by atoms with E-state index in [0.29, 0.717) is 11.3 Å². The smallest absolute Gasteiger partial charge is 0.263 e. The lowest BCUT2D eigenvalue weighted by Crippen LogP contribution is -2.15. The van der Waals surface area contributed by atoms with E-state index >= 15 is 0 Å². The van der Waals surface area contributed by atoms with E-state index in [0.717, 1.165) is 5.69 Å². The quantitative estimate of drug-likeness (QED) is 0.758. The topological polar surface area (TPSA) is 101 Å². The minimum Gasteiger partial charge on any atom is -0.399 e. The van der Waals surface area contributed by atoms with E-state index in [1.165, 1.54) is 6.07 Å². The van der Waals surface area contributed by atoms with E-state index < -0.39 is 10.0 Å². The molecule has 21 heavy (non-hydrogen) atoms. The highest BCUT2D eigenvalue weighted by atomic mass is 32.2. The van der Waals surface area contributed by atoms with Gasteiger partial charge in [-0.25, -0.2) is 8.42 Å². The van der Waals surface area contributed by atoms with Gasteiger partial charge in [0, 0.05) is 22.9 Å². The van der Waals surface area contributed by atoms with Gasteiger partial charge in [-0.1, -0.05) is 26.8 Å². The molecule has 114 valence electrons. The molecule has 0 radical (unpaired) electrons. The Morgan fingerprint density at radius 3 is 2.48 bits per heavy atom. The Morgan fingerprint density at radius 2 is 1.90 bits per heavy atom. The van der Waals surface area contributed by atoms with Crippen LogP contribution < -0.4 is 10.5 Å². The van der Waals surface area contributed by atoms with Gasteiger partial charge in [0.05, 0.1) is 4.90 Å². The predicted octanol–water partition coefficient (Wildman–Crippen LogP) is 2.40. The van der Waals surface area contributed by atoms with Crippen molar-refractivity contribution in [1.29, 1.82) is 0 Å². The van der Waals surface area contributed by atoms with Crippen LogP contribution in [0.4, 0.5) is 11.5 Å². The van der Waals surface area contributed by atoms with Gasteiger partial charge < -0.3 is 5.73 Å². The number of anilines is 2. The highest BCUT2D eigenvalue weighted by Crippen LogP contribution is 2.24. The molecule has 0 spiro atoms. The number of nitrogens with zero attached hydrogens (tertiary/aromatic N) is 1. The number of nitrogen functional groups attached to an aromatic ring is 1. The largest absolute Gasteiger partial charge is 0.399 e. The zero-order chi connectivity index (χ0) is 15.8. The normalized spacial score (nSPS) is 12.4. The van der Waals surface area contributed by atoms with Gasteiger partial charge in [0.15, 0.2) is 5.82 Å². The number of nitrogens with two attached hydrogens (primary N) is 1. The van der Waals surface area contributed by atoms with Gasteiger partial charge in [0.1, 0.15) is 0 Å². The van der Waals surface area contributed by atoms with Gasteiger partial charge in [-0.2, -0.15) is 5.10 Å². The summed E-state index contributed by atoms with van der Waals surface area (Å²) in [5, 5.41) is 6.84. The fourth-order valence-corrected chi connectivity index (χ4v) is 3.13. The molecule has 0 amide bonds. The van der Waals surface area contributed by atoms with Crippen molar-refractivity contribution in [2.24, 2.45) is 0 Å². The summed E-state index contributed by atoms with van der Waals surface area (Å²) in [4.78, 5) is 0.155. The highest BCUT2D eigenvalue weighted by Gasteiger charge is 2.21. The van der Waals surface area contributed by atoms with Crippen LogP contribution in [0.2, 0.25) is 0 Å². The lowest BCUT2D eigenvalue weighted by molar-refractivity contribution is 0.567. The minimum atomic E-state index is -3.71. The molecule has 0 saturated heterocycles. The van der Waals surface area contributed by atoms with E-state index in [1.54, 1.807) is 25.1 Å². The second-order valence-electron chi connectivity index (χ2n) is 6.05. The van der Waals surface area contributed by atoms with Gasteiger partial charge in [-0.15, -0.1) is 0 Å². The number of nitrogens with one attached hydrogen (secondary N) is 2. The maximum absolute atomic E-state index is 12.4. The molecule has 0 aliphatic carbocycles. The van der Waals surface area contributed by atoms with Gasteiger partial charge in [-0.05, 0) is 24.6 Å². The summed E-state index contributed by atoms with van der Waals surface area (Å²) in [7, 11) is -3.71. The molecule has 6 nitrogen and oxygen atoms in total. The summed E-state index contributed by atoms with van der Waals surface area (Å²) < 4.78 is 27.3. The van der Waals surface area contributed by atoms with E-state index in [-0.39, 0.29) is 16.1 Å². The summed E-state index contributed by atoms with van der Waals surface area (Å²) in [5.74, 6) is 0.266. The van der Waals surface area contributed by atoms with Crippen molar-refractivity contribution in [2.75, 3.05) is 10.5 Å². The molecule has 4 N–H and O–H groups in total. The van der Waals surface area contributed by atoms with Gasteiger partial charge in [0.25, 0.3) is 10.0 Å². The molecule has 0 bridgehead atoms. The lowest BCUT2D eigenvalue weighted by Gasteiger charge is -2.14. The highest BCUT2D eigenvalue weighted by molar-refractivity contribution is 7.92. The Bertz CT molecular complexity index is 758. The fourth-order valence-electron chi connectivity index (χ4n) is 1.86. The number of aromatic nitrogens is 2. The van der Waals surface area contributed by atoms with Crippen molar-refractivity contribution in [3.8, 4) is 0 Å². The van der Waals surface area contributed by atoms with Crippen molar-refractivity contribution >= 4 is 21.5 Å². The van der Waals surface area contributed by atoms with Crippen molar-refractivity contribution in [1.82, 2.24) is 10.2 Å². The molecule has 1 heterocycles. The third-order valence-electron chi connectivity index (χ3n) is 3.13. The van der Waals surface area contributed by atoms with Crippen LogP contribution in [0.5, 0.6) is 0 Å². The number of H-pyrrole nitrogens is 1. The standard InChI is InChI=1S/C14H20N4O2S/c1-9-5-6-10(15)7-11(9)21(19,20)18-13-8-12(16-17-13)14(2,3)4/h5-8H,15H2,1-4H3,(H2,16,17,18). The average molecular weight is 308 g/mol. The Labute approximate surface area is 124 Å². The molecule has 2 aromatic rings. The number of rotatable bonds is 3. The third-order valence-corrected chi connectivity index (χ3v) is 4.62. The lowest BCUT2D eigenvalue weighted by atomic mass is 9.92. The van der Waals surface area contributed by atoms with Crippen LogP contribution in [0.3, 0.4) is 0 Å². The maximum atomic E-state index is 12.4. The summed E-state index contributed by atoms with van der Waals surface area (Å²) >= 11 is 0. The maximum Gasteiger partial charge on any atom is 0.263 e. The number of aromatic amines is 1. The Balaban J connectivity index is 2.34. The second-order valence-corrected chi connectivity index (χ2v) is 7.70. The monoisotopic (exact) mass is 308 g/mol. The second kappa shape index (κ2) is 5.07. The number of sulfonamides is 1. The minimum absolute atomic E-state index is 0.135. The van der Waals surface area contributed by atoms with E-state index in [9.17, 15) is 8.42 Å². The van der Waals surface area contributed by atoms with Crippen LogP contribution in [-0.4, -0.2) is 18.6 Å². The average Bonchev–Trinajstić information content (AvgIpc) is 2.79. The summed E-state index contributed by atoms with van der Waals surface area (Å²) in [5.41, 5.74) is 7.41. The first-order chi connectivity index (χ1) is 9.59. The first-order valence-electron chi connectivity index (χ1n) is 6.54. The predicted molar refractivity (Wildman–Crippen MR) is 83.7 cm³/mol. The molecule has 0 saturated carbocycles. The van der Waals surface area contributed by atoms with Crippen molar-refractivity contribution in [2.45, 2.75) is 38.0 Å². The number of aryl methyl sites for hydroxylation is 1. The molecule has 0 atom stereocenters. The molecule has 0 unspecified atom stereocenters. The molecule has 1 aromatic carbocycles. The van der Waals surface area contributed by atoms with Crippen LogP contribution >= 0.6 is 0 Å². The van der Waals surface area contributed by atoms with Crippen LogP contribution in [0.25, 0.3) is 0 Å². The molecule has 1 aromatic heterocycles. The molecular weight excluding hydrogens is 288 g/mol. The molecule has 0 aliphatic heterocycles. The van der Waals surface area contributed by atoms with Crippen molar-refractivity contribution in [3.63, 3.8) is 0 Å². The fraction of sp³-hybridized carbons (Fsp3) is 0.357. The summed E-state index contributed by atoms with van der Waals surface area (Å²) in [6.07, 6.45) is 0. The van der Waals surface area contributed by atoms with Gasteiger partial charge in [0.2, 0.25) is 0 Å². The SMILES string of the molecule is Cc1ccc(N)cc1S(=O)(=O)Nc1cc(C(C)(C)C)[nH]n1. The molecule has 7 heteroatoms. The number of hydrogen-bond acceptors (Lipinski definition) is 4. The van der Waals surface area contributed by atoms with Crippen molar-refractivity contribution in [3.05, 3.63) is 35.5 Å². The number of benzene rings is 1. The molecule has 0 aliphatic rings. The first kappa shape index (κ1) is 15.4. The van der Waals surface area contributed by atoms with Gasteiger partial charge >= 0.3 is 0 Å². The Kier molecular flexibility index (Phi) is 3.71. The van der Waals surface area contributed by atoms with E-state index in [2.05, 4.69) is 14.9 Å². The van der Waals surface area contributed by atoms with Crippen molar-refractivity contribution < 1.29 is 8.42 Å². The first-order valence-corrected chi connectivity index (χ1v) is 8.03. The Hall–Kier alpha value is -2.02. The molecule has 0 fully saturated rings. The van der Waals surface area contributed by atoms with E-state index in [4.69, 9.17) is 5.73 Å². The number of hydrogen-bond donors (Lipinski definition) is 3. The third kappa shape index (κ3) is 3.36. The summed E-state index contributed by atoms with van der Waals surface area (Å²) in [6.45, 7) is 7.77. The molecule has 2 rings (SSSR count). The van der Waals surface area contributed by atoms with Crippen LogP contribution in [0.15, 0.2) is 29.2 Å². The molecular formula is C14H20N4O2S. The zero-order valence-electron chi connectivity index (χ0n) is 12.6. The van der Waals surface area contributed by atoms with E-state index in [1.807, 2.05) is 20.8 Å². The Morgan fingerprint density at radius 1 is 1.24 bits per heavy atom. The zero-order valence-corrected chi connectivity index (χ0v) is 13.4. The van der Waals surface area contributed by atoms with Crippen LogP contribution in [0.1, 0.15) is 32.0 Å². The summed E-state index contributed by atoms with van der Waals surface area (Å²) in [6, 6.07) is 6.48.